The van der Waals surface area contributed by atoms with Gasteiger partial charge in [-0.15, -0.1) is 24.0 Å². The first kappa shape index (κ1) is 27.0. The van der Waals surface area contributed by atoms with E-state index in [1.807, 2.05) is 13.8 Å². The number of nitrogens with zero attached hydrogens (tertiary/aromatic N) is 2. The lowest BCUT2D eigenvalue weighted by molar-refractivity contribution is -0.137. The third-order valence-corrected chi connectivity index (χ3v) is 4.82. The normalized spacial score (nSPS) is 17.6. The van der Waals surface area contributed by atoms with Crippen molar-refractivity contribution in [1.82, 2.24) is 15.5 Å². The summed E-state index contributed by atoms with van der Waals surface area (Å²) in [5.41, 5.74) is 0.295. The fourth-order valence-electron chi connectivity index (χ4n) is 3.32. The van der Waals surface area contributed by atoms with Gasteiger partial charge in [0.25, 0.3) is 0 Å². The molecule has 0 radical (unpaired) electrons. The molecule has 1 atom stereocenters. The van der Waals surface area contributed by atoms with E-state index in [1.165, 1.54) is 0 Å². The Balaban J connectivity index is 0.00000450. The van der Waals surface area contributed by atoms with E-state index in [2.05, 4.69) is 20.5 Å². The van der Waals surface area contributed by atoms with Gasteiger partial charge in [-0.05, 0) is 50.8 Å². The van der Waals surface area contributed by atoms with Crippen LogP contribution in [0.2, 0.25) is 0 Å². The Hall–Kier alpha value is -1.07. The van der Waals surface area contributed by atoms with E-state index in [0.717, 1.165) is 82.3 Å². The fourth-order valence-corrected chi connectivity index (χ4v) is 3.32. The zero-order valence-electron chi connectivity index (χ0n) is 17.8. The second kappa shape index (κ2) is 14.1. The molecule has 2 rings (SSSR count). The van der Waals surface area contributed by atoms with Gasteiger partial charge in [0.15, 0.2) is 5.96 Å². The summed E-state index contributed by atoms with van der Waals surface area (Å²) in [5, 5.41) is 6.76. The molecule has 0 spiro atoms. The molecule has 0 aromatic heterocycles. The third-order valence-electron chi connectivity index (χ3n) is 4.82. The second-order valence-corrected chi connectivity index (χ2v) is 7.22. The van der Waals surface area contributed by atoms with Gasteiger partial charge in [-0.25, -0.2) is 0 Å². The highest BCUT2D eigenvalue weighted by molar-refractivity contribution is 14.0. The predicted octanol–water partition coefficient (Wildman–Crippen LogP) is 4.27. The van der Waals surface area contributed by atoms with Crippen molar-refractivity contribution in [2.24, 2.45) is 4.99 Å². The number of rotatable bonds is 10. The zero-order chi connectivity index (χ0) is 21.1. The Labute approximate surface area is 194 Å². The average Bonchev–Trinajstić information content (AvgIpc) is 3.11. The lowest BCUT2D eigenvalue weighted by atomic mass is 10.1. The third kappa shape index (κ3) is 9.82. The number of nitrogens with one attached hydrogen (secondary N) is 2. The molecule has 1 aliphatic heterocycles. The van der Waals surface area contributed by atoms with Crippen LogP contribution in [-0.4, -0.2) is 56.3 Å². The molecule has 0 amide bonds. The molecule has 1 unspecified atom stereocenters. The monoisotopic (exact) mass is 542 g/mol. The van der Waals surface area contributed by atoms with Gasteiger partial charge in [0, 0.05) is 52.0 Å². The topological polar surface area (TPSA) is 48.9 Å². The summed E-state index contributed by atoms with van der Waals surface area (Å²) >= 11 is 0. The first-order valence-electron chi connectivity index (χ1n) is 10.4. The minimum atomic E-state index is -4.29. The number of halogens is 4. The molecule has 0 aliphatic carbocycles. The summed E-state index contributed by atoms with van der Waals surface area (Å²) in [6.07, 6.45) is -1.32. The van der Waals surface area contributed by atoms with Crippen molar-refractivity contribution in [2.75, 3.05) is 39.4 Å². The minimum Gasteiger partial charge on any atom is -0.382 e. The number of ether oxygens (including phenoxy) is 1. The van der Waals surface area contributed by atoms with Crippen molar-refractivity contribution in [3.05, 3.63) is 35.4 Å². The summed E-state index contributed by atoms with van der Waals surface area (Å²) in [6, 6.07) is 5.73. The molecule has 1 saturated heterocycles. The van der Waals surface area contributed by atoms with Crippen LogP contribution in [-0.2, 0) is 17.5 Å². The van der Waals surface area contributed by atoms with Gasteiger partial charge >= 0.3 is 6.18 Å². The van der Waals surface area contributed by atoms with Crippen molar-refractivity contribution < 1.29 is 17.9 Å². The Bertz CT molecular complexity index is 626. The number of alkyl halides is 3. The van der Waals surface area contributed by atoms with E-state index in [4.69, 9.17) is 4.74 Å². The number of benzene rings is 1. The molecular formula is C21H34F3IN4O. The first-order chi connectivity index (χ1) is 13.9. The Kier molecular flexibility index (Phi) is 12.7. The summed E-state index contributed by atoms with van der Waals surface area (Å²) < 4.78 is 43.4. The molecule has 1 heterocycles. The van der Waals surface area contributed by atoms with Crippen LogP contribution >= 0.6 is 24.0 Å². The number of hydrogen-bond acceptors (Lipinski definition) is 3. The molecule has 0 saturated carbocycles. The van der Waals surface area contributed by atoms with Crippen molar-refractivity contribution in [2.45, 2.75) is 51.9 Å². The number of unbranched alkanes of at least 4 members (excludes halogenated alkanes) is 1. The lowest BCUT2D eigenvalue weighted by Crippen LogP contribution is -2.44. The Morgan fingerprint density at radius 3 is 2.57 bits per heavy atom. The fraction of sp³-hybridized carbons (Fsp3) is 0.667. The molecule has 2 N–H and O–H groups in total. The molecule has 30 heavy (non-hydrogen) atoms. The standard InChI is InChI=1S/C21H33F3N4O.HI/c1-3-25-20(26-12-5-6-14-29-4-2)27-19-11-13-28(16-19)15-17-7-9-18(10-8-17)21(22,23)24;/h7-10,19H,3-6,11-16H2,1-2H3,(H2,25,26,27);1H. The van der Waals surface area contributed by atoms with Gasteiger partial charge < -0.3 is 15.4 Å². The van der Waals surface area contributed by atoms with Crippen molar-refractivity contribution in [3.8, 4) is 0 Å². The highest BCUT2D eigenvalue weighted by Gasteiger charge is 2.30. The van der Waals surface area contributed by atoms with Crippen molar-refractivity contribution in [1.29, 1.82) is 0 Å². The maximum Gasteiger partial charge on any atom is 0.416 e. The van der Waals surface area contributed by atoms with Crippen molar-refractivity contribution >= 4 is 29.9 Å². The summed E-state index contributed by atoms with van der Waals surface area (Å²) in [6.45, 7) is 9.52. The van der Waals surface area contributed by atoms with E-state index >= 15 is 0 Å². The molecule has 1 fully saturated rings. The molecule has 5 nitrogen and oxygen atoms in total. The lowest BCUT2D eigenvalue weighted by Gasteiger charge is -2.19. The van der Waals surface area contributed by atoms with Crippen molar-refractivity contribution in [3.63, 3.8) is 0 Å². The molecule has 1 aliphatic rings. The first-order valence-corrected chi connectivity index (χ1v) is 10.4. The second-order valence-electron chi connectivity index (χ2n) is 7.22. The number of hydrogen-bond donors (Lipinski definition) is 2. The molecular weight excluding hydrogens is 508 g/mol. The highest BCUT2D eigenvalue weighted by Crippen LogP contribution is 2.29. The zero-order valence-corrected chi connectivity index (χ0v) is 20.1. The van der Waals surface area contributed by atoms with Gasteiger partial charge in [0.1, 0.15) is 0 Å². The SMILES string of the molecule is CCNC(=NCCCCOCC)NC1CCN(Cc2ccc(C(F)(F)F)cc2)C1.I. The molecule has 172 valence electrons. The van der Waals surface area contributed by atoms with Crippen LogP contribution in [0.25, 0.3) is 0 Å². The Morgan fingerprint density at radius 2 is 1.93 bits per heavy atom. The average molecular weight is 542 g/mol. The molecule has 9 heteroatoms. The van der Waals surface area contributed by atoms with Gasteiger partial charge in [-0.2, -0.15) is 13.2 Å². The molecule has 1 aromatic carbocycles. The van der Waals surface area contributed by atoms with E-state index in [0.29, 0.717) is 6.54 Å². The van der Waals surface area contributed by atoms with E-state index in [-0.39, 0.29) is 30.0 Å². The van der Waals surface area contributed by atoms with E-state index in [9.17, 15) is 13.2 Å². The molecule has 1 aromatic rings. The number of likely N-dealkylation sites (tertiary alicyclic amines) is 1. The van der Waals surface area contributed by atoms with Gasteiger partial charge in [-0.3, -0.25) is 9.89 Å². The quantitative estimate of drug-likeness (QED) is 0.201. The maximum atomic E-state index is 12.7. The smallest absolute Gasteiger partial charge is 0.382 e. The maximum absolute atomic E-state index is 12.7. The van der Waals surface area contributed by atoms with Crippen LogP contribution in [0, 0.1) is 0 Å². The number of aliphatic imine (C=N–C) groups is 1. The van der Waals surface area contributed by atoms with Gasteiger partial charge in [0.05, 0.1) is 5.56 Å². The van der Waals surface area contributed by atoms with Crippen LogP contribution in [0.3, 0.4) is 0 Å². The van der Waals surface area contributed by atoms with Gasteiger partial charge in [0.2, 0.25) is 0 Å². The van der Waals surface area contributed by atoms with Crippen LogP contribution < -0.4 is 10.6 Å². The van der Waals surface area contributed by atoms with E-state index < -0.39 is 11.7 Å². The van der Waals surface area contributed by atoms with E-state index in [1.54, 1.807) is 12.1 Å². The van der Waals surface area contributed by atoms with Crippen LogP contribution in [0.1, 0.15) is 44.2 Å². The largest absolute Gasteiger partial charge is 0.416 e. The Morgan fingerprint density at radius 1 is 1.20 bits per heavy atom. The van der Waals surface area contributed by atoms with Gasteiger partial charge in [-0.1, -0.05) is 12.1 Å². The summed E-state index contributed by atoms with van der Waals surface area (Å²) in [4.78, 5) is 6.89. The predicted molar refractivity (Wildman–Crippen MR) is 125 cm³/mol. The number of guanidine groups is 1. The van der Waals surface area contributed by atoms with Crippen LogP contribution in [0.15, 0.2) is 29.3 Å². The van der Waals surface area contributed by atoms with Crippen LogP contribution in [0.4, 0.5) is 13.2 Å². The summed E-state index contributed by atoms with van der Waals surface area (Å²) in [7, 11) is 0. The molecule has 0 bridgehead atoms. The summed E-state index contributed by atoms with van der Waals surface area (Å²) in [5.74, 6) is 0.824. The minimum absolute atomic E-state index is 0. The highest BCUT2D eigenvalue weighted by atomic mass is 127. The van der Waals surface area contributed by atoms with Crippen LogP contribution in [0.5, 0.6) is 0 Å².